The fourth-order valence-corrected chi connectivity index (χ4v) is 5.40. The molecule has 0 amide bonds. The number of sulfonamides is 1. The van der Waals surface area contributed by atoms with Crippen LogP contribution in [0.2, 0.25) is 5.02 Å². The third-order valence-electron chi connectivity index (χ3n) is 5.35. The Hall–Kier alpha value is -2.35. The van der Waals surface area contributed by atoms with Crippen molar-refractivity contribution in [1.82, 2.24) is 9.29 Å². The molecule has 1 aromatic heterocycles. The minimum Gasteiger partial charge on any atom is -0.462 e. The van der Waals surface area contributed by atoms with Crippen molar-refractivity contribution >= 4 is 38.5 Å². The van der Waals surface area contributed by atoms with Crippen LogP contribution >= 0.6 is 11.6 Å². The van der Waals surface area contributed by atoms with Gasteiger partial charge in [0.1, 0.15) is 0 Å². The molecule has 158 valence electrons. The SMILES string of the molecule is O=C(OCCCc1c[nH]c2ccc(Cl)cc12)c1ccc(S(=O)(=O)N2CCCC2)cc1. The summed E-state index contributed by atoms with van der Waals surface area (Å²) in [6.45, 7) is 1.38. The number of rotatable bonds is 7. The van der Waals surface area contributed by atoms with Gasteiger partial charge < -0.3 is 9.72 Å². The summed E-state index contributed by atoms with van der Waals surface area (Å²) < 4.78 is 31.9. The van der Waals surface area contributed by atoms with Crippen LogP contribution in [0.25, 0.3) is 10.9 Å². The van der Waals surface area contributed by atoms with E-state index in [1.165, 1.54) is 28.6 Å². The van der Waals surface area contributed by atoms with E-state index in [4.69, 9.17) is 16.3 Å². The summed E-state index contributed by atoms with van der Waals surface area (Å²) in [5, 5.41) is 1.76. The fraction of sp³-hybridized carbons (Fsp3) is 0.318. The Bertz CT molecular complexity index is 1150. The highest BCUT2D eigenvalue weighted by Gasteiger charge is 2.27. The van der Waals surface area contributed by atoms with Gasteiger partial charge in [-0.3, -0.25) is 0 Å². The zero-order valence-corrected chi connectivity index (χ0v) is 18.0. The second-order valence-corrected chi connectivity index (χ2v) is 9.75. The van der Waals surface area contributed by atoms with Crippen LogP contribution in [-0.2, 0) is 21.2 Å². The smallest absolute Gasteiger partial charge is 0.338 e. The Morgan fingerprint density at radius 3 is 2.57 bits per heavy atom. The van der Waals surface area contributed by atoms with Gasteiger partial charge in [0.2, 0.25) is 10.0 Å². The summed E-state index contributed by atoms with van der Waals surface area (Å²) in [5.41, 5.74) is 2.49. The molecule has 1 fully saturated rings. The monoisotopic (exact) mass is 446 g/mol. The molecule has 4 rings (SSSR count). The lowest BCUT2D eigenvalue weighted by Crippen LogP contribution is -2.27. The number of nitrogens with zero attached hydrogens (tertiary/aromatic N) is 1. The van der Waals surface area contributed by atoms with Crippen molar-refractivity contribution in [3.63, 3.8) is 0 Å². The Labute approximate surface area is 180 Å². The molecule has 0 atom stereocenters. The highest BCUT2D eigenvalue weighted by molar-refractivity contribution is 7.89. The number of hydrogen-bond acceptors (Lipinski definition) is 4. The molecule has 1 N–H and O–H groups in total. The van der Waals surface area contributed by atoms with Crippen molar-refractivity contribution in [1.29, 1.82) is 0 Å². The number of hydrogen-bond donors (Lipinski definition) is 1. The third-order valence-corrected chi connectivity index (χ3v) is 7.49. The number of H-pyrrole nitrogens is 1. The van der Waals surface area contributed by atoms with Gasteiger partial charge in [0.05, 0.1) is 17.1 Å². The van der Waals surface area contributed by atoms with Crippen molar-refractivity contribution < 1.29 is 17.9 Å². The second-order valence-electron chi connectivity index (χ2n) is 7.38. The lowest BCUT2D eigenvalue weighted by molar-refractivity contribution is 0.0500. The van der Waals surface area contributed by atoms with E-state index in [-0.39, 0.29) is 11.5 Å². The van der Waals surface area contributed by atoms with E-state index < -0.39 is 16.0 Å². The maximum atomic E-state index is 12.6. The molecule has 6 nitrogen and oxygen atoms in total. The number of carbonyl (C=O) groups excluding carboxylic acids is 1. The van der Waals surface area contributed by atoms with E-state index in [2.05, 4.69) is 4.98 Å². The van der Waals surface area contributed by atoms with E-state index in [1.54, 1.807) is 0 Å². The molecule has 2 aromatic carbocycles. The molecule has 0 unspecified atom stereocenters. The summed E-state index contributed by atoms with van der Waals surface area (Å²) in [6, 6.07) is 11.7. The van der Waals surface area contributed by atoms with E-state index in [1.807, 2.05) is 24.4 Å². The highest BCUT2D eigenvalue weighted by Crippen LogP contribution is 2.24. The average molecular weight is 447 g/mol. The van der Waals surface area contributed by atoms with E-state index in [9.17, 15) is 13.2 Å². The van der Waals surface area contributed by atoms with Crippen LogP contribution in [-0.4, -0.2) is 43.4 Å². The molecule has 1 aliphatic heterocycles. The predicted molar refractivity (Wildman–Crippen MR) is 116 cm³/mol. The molecule has 1 aliphatic rings. The van der Waals surface area contributed by atoms with Crippen molar-refractivity contribution in [2.24, 2.45) is 0 Å². The number of carbonyl (C=O) groups is 1. The Balaban J connectivity index is 1.31. The number of ether oxygens (including phenoxy) is 1. The predicted octanol–water partition coefficient (Wildman–Crippen LogP) is 4.40. The molecule has 0 spiro atoms. The molecular weight excluding hydrogens is 424 g/mol. The van der Waals surface area contributed by atoms with Crippen molar-refractivity contribution in [2.45, 2.75) is 30.6 Å². The van der Waals surface area contributed by atoms with Gasteiger partial charge in [-0.2, -0.15) is 4.31 Å². The summed E-state index contributed by atoms with van der Waals surface area (Å²) in [7, 11) is -3.48. The van der Waals surface area contributed by atoms with Crippen LogP contribution in [0, 0.1) is 0 Å². The molecule has 8 heteroatoms. The first-order chi connectivity index (χ1) is 14.4. The molecule has 3 aromatic rings. The van der Waals surface area contributed by atoms with Crippen molar-refractivity contribution in [3.05, 3.63) is 64.8 Å². The molecule has 0 saturated carbocycles. The van der Waals surface area contributed by atoms with Crippen LogP contribution in [0.3, 0.4) is 0 Å². The maximum Gasteiger partial charge on any atom is 0.338 e. The lowest BCUT2D eigenvalue weighted by Gasteiger charge is -2.15. The van der Waals surface area contributed by atoms with Gasteiger partial charge in [-0.25, -0.2) is 13.2 Å². The van der Waals surface area contributed by atoms with Gasteiger partial charge in [-0.1, -0.05) is 11.6 Å². The quantitative estimate of drug-likeness (QED) is 0.431. The summed E-state index contributed by atoms with van der Waals surface area (Å²) in [6.07, 6.45) is 5.14. The fourth-order valence-electron chi connectivity index (χ4n) is 3.71. The van der Waals surface area contributed by atoms with Crippen LogP contribution in [0.1, 0.15) is 35.2 Å². The zero-order valence-electron chi connectivity index (χ0n) is 16.4. The van der Waals surface area contributed by atoms with Gasteiger partial charge in [-0.15, -0.1) is 0 Å². The molecule has 0 radical (unpaired) electrons. The number of halogens is 1. The van der Waals surface area contributed by atoms with Crippen molar-refractivity contribution in [3.8, 4) is 0 Å². The minimum absolute atomic E-state index is 0.207. The first kappa shape index (κ1) is 20.9. The van der Waals surface area contributed by atoms with E-state index in [0.717, 1.165) is 35.7 Å². The summed E-state index contributed by atoms with van der Waals surface area (Å²) in [4.78, 5) is 15.7. The molecular formula is C22H23ClN2O4S. The van der Waals surface area contributed by atoms with E-state index >= 15 is 0 Å². The number of aryl methyl sites for hydroxylation is 1. The first-order valence-electron chi connectivity index (χ1n) is 9.98. The Kier molecular flexibility index (Phi) is 6.13. The number of esters is 1. The van der Waals surface area contributed by atoms with Gasteiger partial charge in [0, 0.05) is 35.2 Å². The Morgan fingerprint density at radius 1 is 1.10 bits per heavy atom. The summed E-state index contributed by atoms with van der Waals surface area (Å²) in [5.74, 6) is -0.456. The molecule has 1 saturated heterocycles. The standard InChI is InChI=1S/C22H23ClN2O4S/c23-18-7-10-21-20(14-18)17(15-24-21)4-3-13-29-22(26)16-5-8-19(9-6-16)30(27,28)25-11-1-2-12-25/h5-10,14-15,24H,1-4,11-13H2. The largest absolute Gasteiger partial charge is 0.462 e. The van der Waals surface area contributed by atoms with Gasteiger partial charge in [0.15, 0.2) is 0 Å². The third kappa shape index (κ3) is 4.38. The van der Waals surface area contributed by atoms with Crippen molar-refractivity contribution in [2.75, 3.05) is 19.7 Å². The topological polar surface area (TPSA) is 79.5 Å². The van der Waals surface area contributed by atoms with Crippen LogP contribution in [0.15, 0.2) is 53.6 Å². The number of nitrogens with one attached hydrogen (secondary N) is 1. The normalized spacial score (nSPS) is 15.0. The highest BCUT2D eigenvalue weighted by atomic mass is 35.5. The molecule has 30 heavy (non-hydrogen) atoms. The average Bonchev–Trinajstić information content (AvgIpc) is 3.42. The number of fused-ring (bicyclic) bond motifs is 1. The molecule has 0 aliphatic carbocycles. The number of aromatic amines is 1. The van der Waals surface area contributed by atoms with Crippen LogP contribution in [0.4, 0.5) is 0 Å². The second kappa shape index (κ2) is 8.79. The van der Waals surface area contributed by atoms with Crippen LogP contribution in [0.5, 0.6) is 0 Å². The maximum absolute atomic E-state index is 12.6. The summed E-state index contributed by atoms with van der Waals surface area (Å²) >= 11 is 6.07. The molecule has 2 heterocycles. The number of benzene rings is 2. The minimum atomic E-state index is -3.48. The van der Waals surface area contributed by atoms with Crippen LogP contribution < -0.4 is 0 Å². The van der Waals surface area contributed by atoms with Gasteiger partial charge in [0.25, 0.3) is 0 Å². The Morgan fingerprint density at radius 2 is 1.83 bits per heavy atom. The van der Waals surface area contributed by atoms with Gasteiger partial charge >= 0.3 is 5.97 Å². The number of aromatic nitrogens is 1. The van der Waals surface area contributed by atoms with E-state index in [0.29, 0.717) is 30.1 Å². The first-order valence-corrected chi connectivity index (χ1v) is 11.8. The van der Waals surface area contributed by atoms with Gasteiger partial charge in [-0.05, 0) is 73.7 Å². The lowest BCUT2D eigenvalue weighted by atomic mass is 10.1. The molecule has 0 bridgehead atoms. The zero-order chi connectivity index (χ0) is 21.1.